The molecule has 0 saturated carbocycles. The van der Waals surface area contributed by atoms with E-state index in [1.165, 1.54) is 16.8 Å². The third-order valence-electron chi connectivity index (χ3n) is 2.64. The van der Waals surface area contributed by atoms with Gasteiger partial charge in [-0.15, -0.1) is 0 Å². The standard InChI is InChI=1S/C12H17N3/c1-4-5-10-11(13-3)6-7-15-12(10)8-9(2)14-15/h6-8,13H,4-5H2,1-3H3. The van der Waals surface area contributed by atoms with Gasteiger partial charge >= 0.3 is 0 Å². The van der Waals surface area contributed by atoms with Crippen LogP contribution >= 0.6 is 0 Å². The van der Waals surface area contributed by atoms with Gasteiger partial charge in [-0.25, -0.2) is 4.52 Å². The van der Waals surface area contributed by atoms with Gasteiger partial charge in [-0.05, 0) is 25.5 Å². The van der Waals surface area contributed by atoms with Crippen molar-refractivity contribution < 1.29 is 0 Å². The van der Waals surface area contributed by atoms with Gasteiger partial charge in [0.2, 0.25) is 0 Å². The van der Waals surface area contributed by atoms with Crippen molar-refractivity contribution in [3.05, 3.63) is 29.6 Å². The third-order valence-corrected chi connectivity index (χ3v) is 2.64. The van der Waals surface area contributed by atoms with Crippen LogP contribution in [-0.2, 0) is 6.42 Å². The lowest BCUT2D eigenvalue weighted by molar-refractivity contribution is 0.892. The number of rotatable bonds is 3. The molecule has 0 radical (unpaired) electrons. The van der Waals surface area contributed by atoms with E-state index in [1.54, 1.807) is 0 Å². The van der Waals surface area contributed by atoms with Gasteiger partial charge in [0, 0.05) is 24.5 Å². The lowest BCUT2D eigenvalue weighted by Crippen LogP contribution is -1.99. The highest BCUT2D eigenvalue weighted by Crippen LogP contribution is 2.22. The van der Waals surface area contributed by atoms with Gasteiger partial charge in [0.05, 0.1) is 11.2 Å². The van der Waals surface area contributed by atoms with E-state index in [1.807, 2.05) is 24.7 Å². The van der Waals surface area contributed by atoms with Gasteiger partial charge in [0.15, 0.2) is 0 Å². The lowest BCUT2D eigenvalue weighted by Gasteiger charge is -2.09. The highest BCUT2D eigenvalue weighted by atomic mass is 15.2. The minimum absolute atomic E-state index is 1.07. The van der Waals surface area contributed by atoms with E-state index < -0.39 is 0 Å². The molecule has 0 aliphatic heterocycles. The minimum Gasteiger partial charge on any atom is -0.388 e. The molecule has 3 nitrogen and oxygen atoms in total. The third kappa shape index (κ3) is 1.69. The molecule has 2 heterocycles. The van der Waals surface area contributed by atoms with Crippen molar-refractivity contribution in [3.63, 3.8) is 0 Å². The first-order valence-electron chi connectivity index (χ1n) is 5.42. The van der Waals surface area contributed by atoms with Crippen molar-refractivity contribution in [1.82, 2.24) is 9.61 Å². The van der Waals surface area contributed by atoms with Gasteiger partial charge in [-0.3, -0.25) is 0 Å². The highest BCUT2D eigenvalue weighted by Gasteiger charge is 2.07. The fourth-order valence-electron chi connectivity index (χ4n) is 1.99. The molecule has 0 amide bonds. The van der Waals surface area contributed by atoms with Crippen LogP contribution < -0.4 is 5.32 Å². The molecule has 0 saturated heterocycles. The molecule has 0 aliphatic rings. The van der Waals surface area contributed by atoms with Crippen molar-refractivity contribution in [2.24, 2.45) is 0 Å². The summed E-state index contributed by atoms with van der Waals surface area (Å²) in [7, 11) is 1.97. The molecule has 2 rings (SSSR count). The van der Waals surface area contributed by atoms with Crippen LogP contribution in [0.1, 0.15) is 24.6 Å². The number of pyridine rings is 1. The van der Waals surface area contributed by atoms with E-state index in [9.17, 15) is 0 Å². The topological polar surface area (TPSA) is 29.3 Å². The van der Waals surface area contributed by atoms with Crippen LogP contribution in [-0.4, -0.2) is 16.7 Å². The molecular weight excluding hydrogens is 186 g/mol. The molecule has 0 bridgehead atoms. The summed E-state index contributed by atoms with van der Waals surface area (Å²) < 4.78 is 1.96. The summed E-state index contributed by atoms with van der Waals surface area (Å²) in [6.45, 7) is 4.23. The number of nitrogens with zero attached hydrogens (tertiary/aromatic N) is 2. The molecular formula is C12H17N3. The minimum atomic E-state index is 1.07. The zero-order valence-corrected chi connectivity index (χ0v) is 9.54. The Morgan fingerprint density at radius 1 is 1.47 bits per heavy atom. The Kier molecular flexibility index (Phi) is 2.62. The smallest absolute Gasteiger partial charge is 0.0716 e. The number of nitrogens with one attached hydrogen (secondary N) is 1. The molecule has 0 aliphatic carbocycles. The van der Waals surface area contributed by atoms with Crippen LogP contribution in [0.5, 0.6) is 0 Å². The van der Waals surface area contributed by atoms with E-state index in [0.29, 0.717) is 0 Å². The zero-order valence-electron chi connectivity index (χ0n) is 9.54. The van der Waals surface area contributed by atoms with Crippen LogP contribution in [0.25, 0.3) is 5.52 Å². The number of aryl methyl sites for hydroxylation is 2. The van der Waals surface area contributed by atoms with Crippen molar-refractivity contribution >= 4 is 11.2 Å². The van der Waals surface area contributed by atoms with Crippen molar-refractivity contribution in [2.75, 3.05) is 12.4 Å². The normalized spacial score (nSPS) is 10.9. The molecule has 0 unspecified atom stereocenters. The van der Waals surface area contributed by atoms with Crippen molar-refractivity contribution in [3.8, 4) is 0 Å². The van der Waals surface area contributed by atoms with E-state index in [4.69, 9.17) is 0 Å². The van der Waals surface area contributed by atoms with Gasteiger partial charge < -0.3 is 5.32 Å². The predicted octanol–water partition coefficient (Wildman–Crippen LogP) is 2.64. The Hall–Kier alpha value is -1.51. The lowest BCUT2D eigenvalue weighted by atomic mass is 10.1. The molecule has 1 N–H and O–H groups in total. The average Bonchev–Trinajstić information content (AvgIpc) is 2.60. The van der Waals surface area contributed by atoms with Gasteiger partial charge in [0.25, 0.3) is 0 Å². The number of anilines is 1. The first kappa shape index (κ1) is 10.0. The summed E-state index contributed by atoms with van der Waals surface area (Å²) in [6.07, 6.45) is 4.25. The fraction of sp³-hybridized carbons (Fsp3) is 0.417. The summed E-state index contributed by atoms with van der Waals surface area (Å²) >= 11 is 0. The summed E-state index contributed by atoms with van der Waals surface area (Å²) in [5, 5.41) is 7.66. The predicted molar refractivity (Wildman–Crippen MR) is 63.5 cm³/mol. The SMILES string of the molecule is CCCc1c(NC)ccn2nc(C)cc12. The molecule has 0 aromatic carbocycles. The maximum atomic E-state index is 4.42. The monoisotopic (exact) mass is 203 g/mol. The molecule has 0 spiro atoms. The largest absolute Gasteiger partial charge is 0.388 e. The van der Waals surface area contributed by atoms with E-state index in [2.05, 4.69) is 29.5 Å². The second kappa shape index (κ2) is 3.93. The van der Waals surface area contributed by atoms with Crippen molar-refractivity contribution in [1.29, 1.82) is 0 Å². The molecule has 0 fully saturated rings. The first-order valence-corrected chi connectivity index (χ1v) is 5.42. The summed E-state index contributed by atoms with van der Waals surface area (Å²) in [5.74, 6) is 0. The Morgan fingerprint density at radius 3 is 2.93 bits per heavy atom. The van der Waals surface area contributed by atoms with Crippen LogP contribution in [0, 0.1) is 6.92 Å². The zero-order chi connectivity index (χ0) is 10.8. The average molecular weight is 203 g/mol. The van der Waals surface area contributed by atoms with Crippen molar-refractivity contribution in [2.45, 2.75) is 26.7 Å². The van der Waals surface area contributed by atoms with Crippen LogP contribution in [0.2, 0.25) is 0 Å². The van der Waals surface area contributed by atoms with Gasteiger partial charge in [-0.1, -0.05) is 13.3 Å². The van der Waals surface area contributed by atoms with E-state index in [0.717, 1.165) is 18.5 Å². The summed E-state index contributed by atoms with van der Waals surface area (Å²) in [5.41, 5.74) is 4.87. The second-order valence-corrected chi connectivity index (χ2v) is 3.82. The molecule has 0 atom stereocenters. The molecule has 2 aromatic rings. The van der Waals surface area contributed by atoms with E-state index in [-0.39, 0.29) is 0 Å². The Morgan fingerprint density at radius 2 is 2.27 bits per heavy atom. The number of hydrogen-bond donors (Lipinski definition) is 1. The molecule has 2 aromatic heterocycles. The van der Waals surface area contributed by atoms with E-state index >= 15 is 0 Å². The Labute approximate surface area is 90.1 Å². The highest BCUT2D eigenvalue weighted by molar-refractivity contribution is 5.67. The maximum Gasteiger partial charge on any atom is 0.0716 e. The van der Waals surface area contributed by atoms with Gasteiger partial charge in [0.1, 0.15) is 0 Å². The summed E-state index contributed by atoms with van der Waals surface area (Å²) in [6, 6.07) is 4.23. The molecule has 80 valence electrons. The fourth-order valence-corrected chi connectivity index (χ4v) is 1.99. The van der Waals surface area contributed by atoms with Gasteiger partial charge in [-0.2, -0.15) is 5.10 Å². The Bertz CT molecular complexity index is 471. The van der Waals surface area contributed by atoms with Crippen LogP contribution in [0.4, 0.5) is 5.69 Å². The maximum absolute atomic E-state index is 4.42. The first-order chi connectivity index (χ1) is 7.26. The summed E-state index contributed by atoms with van der Waals surface area (Å²) in [4.78, 5) is 0. The number of aromatic nitrogens is 2. The number of hydrogen-bond acceptors (Lipinski definition) is 2. The second-order valence-electron chi connectivity index (χ2n) is 3.82. The van der Waals surface area contributed by atoms with Crippen LogP contribution in [0.15, 0.2) is 18.3 Å². The van der Waals surface area contributed by atoms with Crippen LogP contribution in [0.3, 0.4) is 0 Å². The molecule has 3 heteroatoms. The molecule has 15 heavy (non-hydrogen) atoms. The number of fused-ring (bicyclic) bond motifs is 1. The Balaban J connectivity index is 2.66. The quantitative estimate of drug-likeness (QED) is 0.831.